The molecule has 0 atom stereocenters. The minimum atomic E-state index is -0.878. The molecular formula is C27H39N5O4. The van der Waals surface area contributed by atoms with Gasteiger partial charge in [0.25, 0.3) is 5.91 Å². The third kappa shape index (κ3) is 5.65. The summed E-state index contributed by atoms with van der Waals surface area (Å²) in [6.45, 7) is 9.30. The van der Waals surface area contributed by atoms with Crippen molar-refractivity contribution in [1.29, 1.82) is 0 Å². The van der Waals surface area contributed by atoms with Crippen LogP contribution in [0.1, 0.15) is 52.9 Å². The summed E-state index contributed by atoms with van der Waals surface area (Å²) in [6, 6.07) is 9.63. The van der Waals surface area contributed by atoms with Crippen molar-refractivity contribution in [1.82, 2.24) is 20.4 Å². The predicted molar refractivity (Wildman–Crippen MR) is 137 cm³/mol. The highest BCUT2D eigenvalue weighted by atomic mass is 16.2. The van der Waals surface area contributed by atoms with Gasteiger partial charge in [-0.05, 0) is 49.1 Å². The maximum Gasteiger partial charge on any atom is 0.325 e. The Bertz CT molecular complexity index is 974. The van der Waals surface area contributed by atoms with Crippen LogP contribution in [0.4, 0.5) is 10.5 Å². The van der Waals surface area contributed by atoms with Crippen LogP contribution in [0.25, 0.3) is 0 Å². The van der Waals surface area contributed by atoms with Gasteiger partial charge in [0.15, 0.2) is 0 Å². The molecule has 2 heterocycles. The van der Waals surface area contributed by atoms with E-state index in [4.69, 9.17) is 0 Å². The van der Waals surface area contributed by atoms with E-state index in [1.807, 2.05) is 23.1 Å². The molecule has 0 unspecified atom stereocenters. The molecule has 0 radical (unpaired) electrons. The summed E-state index contributed by atoms with van der Waals surface area (Å²) in [7, 11) is 0. The molecule has 9 nitrogen and oxygen atoms in total. The van der Waals surface area contributed by atoms with Gasteiger partial charge < -0.3 is 20.4 Å². The predicted octanol–water partition coefficient (Wildman–Crippen LogP) is 2.37. The van der Waals surface area contributed by atoms with E-state index in [-0.39, 0.29) is 36.7 Å². The lowest BCUT2D eigenvalue weighted by Crippen LogP contribution is -2.51. The van der Waals surface area contributed by atoms with Crippen LogP contribution in [0.3, 0.4) is 0 Å². The van der Waals surface area contributed by atoms with Gasteiger partial charge >= 0.3 is 6.03 Å². The van der Waals surface area contributed by atoms with Crippen molar-refractivity contribution in [3.05, 3.63) is 30.3 Å². The van der Waals surface area contributed by atoms with Crippen LogP contribution < -0.4 is 15.5 Å². The number of hydrogen-bond acceptors (Lipinski definition) is 5. The number of hydrogen-bond donors (Lipinski definition) is 2. The molecule has 3 aliphatic rings. The molecule has 5 amide bonds. The molecule has 9 heteroatoms. The molecule has 1 aromatic rings. The van der Waals surface area contributed by atoms with Crippen LogP contribution in [0, 0.1) is 11.3 Å². The van der Waals surface area contributed by atoms with Crippen molar-refractivity contribution in [3.8, 4) is 0 Å². The van der Waals surface area contributed by atoms with E-state index in [0.717, 1.165) is 36.5 Å². The number of anilines is 1. The van der Waals surface area contributed by atoms with Gasteiger partial charge in [0, 0.05) is 44.8 Å². The molecule has 1 aromatic carbocycles. The molecular weight excluding hydrogens is 458 g/mol. The first-order chi connectivity index (χ1) is 17.1. The molecule has 1 aliphatic carbocycles. The fraction of sp³-hybridized carbons (Fsp3) is 0.630. The summed E-state index contributed by atoms with van der Waals surface area (Å²) in [5.41, 5.74) is 0.442. The average molecular weight is 498 g/mol. The summed E-state index contributed by atoms with van der Waals surface area (Å²) in [6.07, 6.45) is 3.14. The van der Waals surface area contributed by atoms with E-state index in [9.17, 15) is 19.2 Å². The van der Waals surface area contributed by atoms with Crippen molar-refractivity contribution in [2.24, 2.45) is 11.3 Å². The van der Waals surface area contributed by atoms with Crippen molar-refractivity contribution < 1.29 is 19.2 Å². The van der Waals surface area contributed by atoms with Gasteiger partial charge in [-0.1, -0.05) is 39.0 Å². The van der Waals surface area contributed by atoms with E-state index in [1.165, 1.54) is 0 Å². The molecule has 2 aliphatic heterocycles. The van der Waals surface area contributed by atoms with Crippen LogP contribution >= 0.6 is 0 Å². The second kappa shape index (κ2) is 10.5. The Morgan fingerprint density at radius 2 is 1.67 bits per heavy atom. The molecule has 2 saturated heterocycles. The number of nitrogens with one attached hydrogen (secondary N) is 2. The zero-order valence-corrected chi connectivity index (χ0v) is 21.7. The number of urea groups is 1. The minimum absolute atomic E-state index is 0.00688. The number of imide groups is 1. The first-order valence-electron chi connectivity index (χ1n) is 13.1. The van der Waals surface area contributed by atoms with Crippen molar-refractivity contribution in [2.45, 2.75) is 58.4 Å². The number of carbonyl (C=O) groups excluding carboxylic acids is 4. The summed E-state index contributed by atoms with van der Waals surface area (Å²) in [4.78, 5) is 55.8. The topological polar surface area (TPSA) is 102 Å². The highest BCUT2D eigenvalue weighted by Gasteiger charge is 2.53. The van der Waals surface area contributed by atoms with Gasteiger partial charge in [0.1, 0.15) is 12.1 Å². The Hall–Kier alpha value is -3.10. The Morgan fingerprint density at radius 3 is 2.28 bits per heavy atom. The highest BCUT2D eigenvalue weighted by molar-refractivity contribution is 6.09. The quantitative estimate of drug-likeness (QED) is 0.588. The second-order valence-corrected chi connectivity index (χ2v) is 11.3. The highest BCUT2D eigenvalue weighted by Crippen LogP contribution is 2.43. The summed E-state index contributed by atoms with van der Waals surface area (Å²) in [5.74, 6) is -0.236. The third-order valence-electron chi connectivity index (χ3n) is 8.03. The number of amides is 5. The first-order valence-corrected chi connectivity index (χ1v) is 13.1. The molecule has 196 valence electrons. The molecule has 1 spiro atoms. The second-order valence-electron chi connectivity index (χ2n) is 11.3. The van der Waals surface area contributed by atoms with E-state index in [0.29, 0.717) is 31.8 Å². The van der Waals surface area contributed by atoms with Crippen LogP contribution in [0.2, 0.25) is 0 Å². The molecule has 3 fully saturated rings. The van der Waals surface area contributed by atoms with Gasteiger partial charge in [0.2, 0.25) is 11.8 Å². The lowest BCUT2D eigenvalue weighted by Gasteiger charge is -2.40. The summed E-state index contributed by atoms with van der Waals surface area (Å²) < 4.78 is 0. The molecule has 1 saturated carbocycles. The number of para-hydroxylation sites is 1. The van der Waals surface area contributed by atoms with Gasteiger partial charge in [-0.15, -0.1) is 0 Å². The number of piperazine rings is 1. The molecule has 4 rings (SSSR count). The standard InChI is InChI=1S/C27H39N5O4/c1-26(2,3)20-9-12-27(13-10-20)24(35)32(25(36)29-27)19-22(33)28-14-11-23(34)31-17-15-30(16-18-31)21-7-5-4-6-8-21/h4-8,20H,9-19H2,1-3H3,(H,28,33)(H,29,36). The van der Waals surface area contributed by atoms with Gasteiger partial charge in [-0.3, -0.25) is 19.3 Å². The lowest BCUT2D eigenvalue weighted by molar-refractivity contribution is -0.136. The van der Waals surface area contributed by atoms with Gasteiger partial charge in [0.05, 0.1) is 0 Å². The van der Waals surface area contributed by atoms with Crippen LogP contribution in [-0.2, 0) is 14.4 Å². The summed E-state index contributed by atoms with van der Waals surface area (Å²) >= 11 is 0. The first kappa shape index (κ1) is 26.0. The van der Waals surface area contributed by atoms with Crippen molar-refractivity contribution in [3.63, 3.8) is 0 Å². The van der Waals surface area contributed by atoms with E-state index in [1.54, 1.807) is 0 Å². The number of nitrogens with zero attached hydrogens (tertiary/aromatic N) is 3. The fourth-order valence-corrected chi connectivity index (χ4v) is 5.65. The van der Waals surface area contributed by atoms with Crippen LogP contribution in [0.15, 0.2) is 30.3 Å². The average Bonchev–Trinajstić information content (AvgIpc) is 3.08. The van der Waals surface area contributed by atoms with E-state index >= 15 is 0 Å². The van der Waals surface area contributed by atoms with Crippen LogP contribution in [0.5, 0.6) is 0 Å². The number of benzene rings is 1. The molecule has 36 heavy (non-hydrogen) atoms. The zero-order chi connectivity index (χ0) is 25.9. The Morgan fingerprint density at radius 1 is 1.03 bits per heavy atom. The molecule has 0 bridgehead atoms. The van der Waals surface area contributed by atoms with Gasteiger partial charge in [-0.2, -0.15) is 0 Å². The Balaban J connectivity index is 1.19. The third-order valence-corrected chi connectivity index (χ3v) is 8.03. The lowest BCUT2D eigenvalue weighted by atomic mass is 9.67. The van der Waals surface area contributed by atoms with E-state index < -0.39 is 17.5 Å². The monoisotopic (exact) mass is 497 g/mol. The van der Waals surface area contributed by atoms with E-state index in [2.05, 4.69) is 48.4 Å². The normalized spacial score (nSPS) is 24.8. The van der Waals surface area contributed by atoms with Crippen LogP contribution in [-0.4, -0.2) is 78.4 Å². The smallest absolute Gasteiger partial charge is 0.325 e. The van der Waals surface area contributed by atoms with Crippen molar-refractivity contribution in [2.75, 3.05) is 44.2 Å². The van der Waals surface area contributed by atoms with Gasteiger partial charge in [-0.25, -0.2) is 4.79 Å². The Labute approximate surface area is 213 Å². The Kier molecular flexibility index (Phi) is 7.57. The zero-order valence-electron chi connectivity index (χ0n) is 21.7. The maximum absolute atomic E-state index is 13.1. The van der Waals surface area contributed by atoms with Crippen molar-refractivity contribution >= 4 is 29.4 Å². The number of carbonyl (C=O) groups is 4. The minimum Gasteiger partial charge on any atom is -0.368 e. The summed E-state index contributed by atoms with van der Waals surface area (Å²) in [5, 5.41) is 5.57. The fourth-order valence-electron chi connectivity index (χ4n) is 5.65. The largest absolute Gasteiger partial charge is 0.368 e. The maximum atomic E-state index is 13.1. The SMILES string of the molecule is CC(C)(C)C1CCC2(CC1)NC(=O)N(CC(=O)NCCC(=O)N1CCN(c3ccccc3)CC1)C2=O. The number of rotatable bonds is 6. The molecule has 0 aromatic heterocycles. The molecule has 2 N–H and O–H groups in total.